The van der Waals surface area contributed by atoms with Crippen LogP contribution in [-0.2, 0) is 6.42 Å². The summed E-state index contributed by atoms with van der Waals surface area (Å²) in [7, 11) is 0. The van der Waals surface area contributed by atoms with Crippen molar-refractivity contribution in [2.75, 3.05) is 0 Å². The van der Waals surface area contributed by atoms with Crippen LogP contribution in [0.1, 0.15) is 47.7 Å². The summed E-state index contributed by atoms with van der Waals surface area (Å²) in [4.78, 5) is 12.8. The van der Waals surface area contributed by atoms with Crippen molar-refractivity contribution in [3.8, 4) is 0 Å². The quantitative estimate of drug-likeness (QED) is 0.709. The van der Waals surface area contributed by atoms with E-state index in [0.29, 0.717) is 0 Å². The van der Waals surface area contributed by atoms with E-state index in [9.17, 15) is 4.79 Å². The number of carbonyl (C=O) groups excluding carboxylic acids is 1. The molecule has 0 saturated heterocycles. The molecule has 0 spiro atoms. The fourth-order valence-electron chi connectivity index (χ4n) is 2.51. The second kappa shape index (κ2) is 6.33. The van der Waals surface area contributed by atoms with Gasteiger partial charge in [-0.05, 0) is 24.0 Å². The Hall–Kier alpha value is -1.89. The second-order valence-electron chi connectivity index (χ2n) is 4.75. The average molecular weight is 252 g/mol. The van der Waals surface area contributed by atoms with Crippen molar-refractivity contribution >= 4 is 5.78 Å². The molecule has 2 aromatic rings. The Balaban J connectivity index is 2.36. The Morgan fingerprint density at radius 2 is 1.58 bits per heavy atom. The fraction of sp³-hybridized carbons (Fsp3) is 0.278. The van der Waals surface area contributed by atoms with Gasteiger partial charge in [0.1, 0.15) is 0 Å². The molecule has 0 aromatic heterocycles. The Morgan fingerprint density at radius 1 is 0.947 bits per heavy atom. The van der Waals surface area contributed by atoms with Crippen LogP contribution in [0.2, 0.25) is 0 Å². The van der Waals surface area contributed by atoms with Crippen molar-refractivity contribution in [2.24, 2.45) is 0 Å². The Kier molecular flexibility index (Phi) is 4.51. The van der Waals surface area contributed by atoms with Gasteiger partial charge < -0.3 is 0 Å². The molecule has 0 saturated carbocycles. The van der Waals surface area contributed by atoms with E-state index in [1.807, 2.05) is 54.6 Å². The van der Waals surface area contributed by atoms with Crippen LogP contribution in [-0.4, -0.2) is 5.78 Å². The predicted octanol–water partition coefficient (Wildman–Crippen LogP) is 4.63. The summed E-state index contributed by atoms with van der Waals surface area (Å²) in [5.41, 5.74) is 3.13. The maximum Gasteiger partial charge on any atom is 0.170 e. The molecular weight excluding hydrogens is 232 g/mol. The van der Waals surface area contributed by atoms with E-state index >= 15 is 0 Å². The summed E-state index contributed by atoms with van der Waals surface area (Å²) in [6, 6.07) is 18.0. The number of benzene rings is 2. The largest absolute Gasteiger partial charge is 0.293 e. The van der Waals surface area contributed by atoms with Crippen molar-refractivity contribution in [1.29, 1.82) is 0 Å². The van der Waals surface area contributed by atoms with Gasteiger partial charge in [-0.25, -0.2) is 0 Å². The lowest BCUT2D eigenvalue weighted by atomic mass is 9.86. The number of rotatable bonds is 5. The number of aryl methyl sites for hydroxylation is 1. The van der Waals surface area contributed by atoms with Gasteiger partial charge in [0.15, 0.2) is 5.78 Å². The van der Waals surface area contributed by atoms with Gasteiger partial charge in [0, 0.05) is 11.5 Å². The van der Waals surface area contributed by atoms with Gasteiger partial charge in [-0.15, -0.1) is 0 Å². The Labute approximate surface area is 115 Å². The minimum Gasteiger partial charge on any atom is -0.293 e. The zero-order valence-electron chi connectivity index (χ0n) is 11.6. The zero-order chi connectivity index (χ0) is 13.7. The lowest BCUT2D eigenvalue weighted by Crippen LogP contribution is -2.14. The first-order chi connectivity index (χ1) is 9.27. The van der Waals surface area contributed by atoms with E-state index in [0.717, 1.165) is 29.5 Å². The molecule has 2 aromatic carbocycles. The van der Waals surface area contributed by atoms with E-state index in [4.69, 9.17) is 0 Å². The monoisotopic (exact) mass is 252 g/mol. The molecule has 2 rings (SSSR count). The van der Waals surface area contributed by atoms with Gasteiger partial charge in [0.25, 0.3) is 0 Å². The van der Waals surface area contributed by atoms with Crippen LogP contribution in [0.4, 0.5) is 0 Å². The zero-order valence-corrected chi connectivity index (χ0v) is 11.6. The van der Waals surface area contributed by atoms with Gasteiger partial charge in [-0.2, -0.15) is 0 Å². The molecule has 0 N–H and O–H groups in total. The molecule has 0 amide bonds. The summed E-state index contributed by atoms with van der Waals surface area (Å²) < 4.78 is 0. The first kappa shape index (κ1) is 13.5. The molecule has 0 heterocycles. The molecule has 98 valence electrons. The summed E-state index contributed by atoms with van der Waals surface area (Å²) in [5.74, 6) is 0.208. The maximum atomic E-state index is 12.8. The van der Waals surface area contributed by atoms with Crippen LogP contribution in [0.15, 0.2) is 54.6 Å². The molecule has 0 aliphatic carbocycles. The highest BCUT2D eigenvalue weighted by atomic mass is 16.1. The van der Waals surface area contributed by atoms with E-state index in [1.165, 1.54) is 0 Å². The van der Waals surface area contributed by atoms with E-state index in [1.54, 1.807) is 0 Å². The predicted molar refractivity (Wildman–Crippen MR) is 79.6 cm³/mol. The third-order valence-corrected chi connectivity index (χ3v) is 3.59. The van der Waals surface area contributed by atoms with Crippen LogP contribution in [0, 0.1) is 0 Å². The molecule has 1 nitrogen and oxygen atoms in total. The average Bonchev–Trinajstić information content (AvgIpc) is 2.49. The van der Waals surface area contributed by atoms with Crippen molar-refractivity contribution in [2.45, 2.75) is 32.6 Å². The first-order valence-corrected chi connectivity index (χ1v) is 6.95. The summed E-state index contributed by atoms with van der Waals surface area (Å²) >= 11 is 0. The minimum atomic E-state index is -0.0334. The Bertz CT molecular complexity index is 543. The van der Waals surface area contributed by atoms with Crippen LogP contribution >= 0.6 is 0 Å². The summed E-state index contributed by atoms with van der Waals surface area (Å²) in [6.07, 6.45) is 1.73. The molecule has 19 heavy (non-hydrogen) atoms. The van der Waals surface area contributed by atoms with Gasteiger partial charge >= 0.3 is 0 Å². The summed E-state index contributed by atoms with van der Waals surface area (Å²) in [6.45, 7) is 4.17. The normalized spacial score (nSPS) is 12.1. The topological polar surface area (TPSA) is 17.1 Å². The van der Waals surface area contributed by atoms with Crippen LogP contribution in [0.3, 0.4) is 0 Å². The van der Waals surface area contributed by atoms with Gasteiger partial charge in [0.2, 0.25) is 0 Å². The third-order valence-electron chi connectivity index (χ3n) is 3.59. The van der Waals surface area contributed by atoms with E-state index < -0.39 is 0 Å². The maximum absolute atomic E-state index is 12.8. The van der Waals surface area contributed by atoms with Crippen LogP contribution in [0.25, 0.3) is 0 Å². The molecule has 0 radical (unpaired) electrons. The SMILES string of the molecule is CCc1ccccc1C(=O)C(CC)c1ccccc1. The van der Waals surface area contributed by atoms with Crippen LogP contribution < -0.4 is 0 Å². The number of hydrogen-bond acceptors (Lipinski definition) is 1. The van der Waals surface area contributed by atoms with Crippen molar-refractivity contribution in [3.05, 3.63) is 71.3 Å². The molecular formula is C18H20O. The van der Waals surface area contributed by atoms with Crippen LogP contribution in [0.5, 0.6) is 0 Å². The Morgan fingerprint density at radius 3 is 2.21 bits per heavy atom. The molecule has 0 bridgehead atoms. The molecule has 1 atom stereocenters. The molecule has 1 unspecified atom stereocenters. The standard InChI is InChI=1S/C18H20O/c1-3-14-10-8-9-13-17(14)18(19)16(4-2)15-11-6-5-7-12-15/h5-13,16H,3-4H2,1-2H3. The fourth-order valence-corrected chi connectivity index (χ4v) is 2.51. The first-order valence-electron chi connectivity index (χ1n) is 6.95. The van der Waals surface area contributed by atoms with Gasteiger partial charge in [0.05, 0.1) is 0 Å². The van der Waals surface area contributed by atoms with E-state index in [-0.39, 0.29) is 11.7 Å². The van der Waals surface area contributed by atoms with Gasteiger partial charge in [-0.1, -0.05) is 68.4 Å². The third kappa shape index (κ3) is 2.93. The number of carbonyl (C=O) groups is 1. The lowest BCUT2D eigenvalue weighted by molar-refractivity contribution is 0.0956. The van der Waals surface area contributed by atoms with Crippen molar-refractivity contribution in [1.82, 2.24) is 0 Å². The smallest absolute Gasteiger partial charge is 0.170 e. The highest BCUT2D eigenvalue weighted by Gasteiger charge is 2.21. The molecule has 0 aliphatic rings. The lowest BCUT2D eigenvalue weighted by Gasteiger charge is -2.16. The number of hydrogen-bond donors (Lipinski definition) is 0. The second-order valence-corrected chi connectivity index (χ2v) is 4.75. The highest BCUT2D eigenvalue weighted by Crippen LogP contribution is 2.25. The van der Waals surface area contributed by atoms with Crippen molar-refractivity contribution in [3.63, 3.8) is 0 Å². The molecule has 0 fully saturated rings. The minimum absolute atomic E-state index is 0.0334. The van der Waals surface area contributed by atoms with Gasteiger partial charge in [-0.3, -0.25) is 4.79 Å². The van der Waals surface area contributed by atoms with Crippen molar-refractivity contribution < 1.29 is 4.79 Å². The molecule has 1 heteroatoms. The number of Topliss-reactive ketones (excluding diaryl/α,β-unsaturated/α-hetero) is 1. The molecule has 0 aliphatic heterocycles. The summed E-state index contributed by atoms with van der Waals surface area (Å²) in [5, 5.41) is 0. The number of ketones is 1. The van der Waals surface area contributed by atoms with E-state index in [2.05, 4.69) is 13.8 Å². The highest BCUT2D eigenvalue weighted by molar-refractivity contribution is 6.02.